The lowest BCUT2D eigenvalue weighted by molar-refractivity contribution is 1.97. The number of rotatable bonds is 0. The van der Waals surface area contributed by atoms with Crippen LogP contribution in [0.15, 0.2) is 0 Å². The average Bonchev–Trinajstić information content (AvgIpc) is 1.41. The lowest BCUT2D eigenvalue weighted by Crippen LogP contribution is -1.48. The van der Waals surface area contributed by atoms with E-state index in [0.717, 1.165) is 6.16 Å². The molecule has 0 radical (unpaired) electrons. The molecule has 28 valence electrons. The highest BCUT2D eigenvalue weighted by Gasteiger charge is 1.48. The SMILES string of the molecule is PC#CCP. The maximum absolute atomic E-state index is 2.79. The van der Waals surface area contributed by atoms with Crippen LogP contribution in [0, 0.1) is 11.6 Å². The van der Waals surface area contributed by atoms with Crippen molar-refractivity contribution in [1.29, 1.82) is 0 Å². The molecule has 0 aliphatic rings. The Bertz CT molecular complexity index is 57.0. The van der Waals surface area contributed by atoms with E-state index in [1.54, 1.807) is 0 Å². The van der Waals surface area contributed by atoms with Gasteiger partial charge in [-0.2, -0.15) is 0 Å². The smallest absolute Gasteiger partial charge is 0.0237 e. The Morgan fingerprint density at radius 3 is 2.20 bits per heavy atom. The summed E-state index contributed by atoms with van der Waals surface area (Å²) in [7, 11) is 4.84. The first-order valence-corrected chi connectivity index (χ1v) is 2.69. The van der Waals surface area contributed by atoms with Crippen LogP contribution in [0.5, 0.6) is 0 Å². The quantitative estimate of drug-likeness (QED) is 0.313. The zero-order chi connectivity index (χ0) is 4.12. The molecule has 0 saturated carbocycles. The van der Waals surface area contributed by atoms with Gasteiger partial charge in [0.2, 0.25) is 0 Å². The number of hydrogen-bond acceptors (Lipinski definition) is 0. The van der Waals surface area contributed by atoms with Gasteiger partial charge in [-0.3, -0.25) is 0 Å². The molecule has 0 aromatic carbocycles. The molecule has 0 heterocycles. The topological polar surface area (TPSA) is 0 Å². The molecular formula is C3H6P2. The van der Waals surface area contributed by atoms with Gasteiger partial charge in [-0.25, -0.2) is 0 Å². The third-order valence-electron chi connectivity index (χ3n) is 0.204. The summed E-state index contributed by atoms with van der Waals surface area (Å²) < 4.78 is 0. The van der Waals surface area contributed by atoms with Gasteiger partial charge >= 0.3 is 0 Å². The predicted octanol–water partition coefficient (Wildman–Crippen LogP) is 0.697. The van der Waals surface area contributed by atoms with Crippen molar-refractivity contribution in [3.8, 4) is 11.6 Å². The summed E-state index contributed by atoms with van der Waals surface area (Å²) in [5.74, 6) is 2.79. The molecule has 2 unspecified atom stereocenters. The van der Waals surface area contributed by atoms with Crippen LogP contribution in [-0.4, -0.2) is 6.16 Å². The van der Waals surface area contributed by atoms with E-state index in [-0.39, 0.29) is 0 Å². The van der Waals surface area contributed by atoms with Gasteiger partial charge in [-0.1, -0.05) is 20.8 Å². The third kappa shape index (κ3) is 4.42. The average molecular weight is 104 g/mol. The third-order valence-corrected chi connectivity index (χ3v) is 0.612. The lowest BCUT2D eigenvalue weighted by atomic mass is 10.8. The molecule has 0 fully saturated rings. The van der Waals surface area contributed by atoms with Gasteiger partial charge < -0.3 is 0 Å². The normalized spacial score (nSPS) is 5.20. The second-order valence-electron chi connectivity index (χ2n) is 0.525. The molecule has 0 saturated heterocycles. The van der Waals surface area contributed by atoms with Crippen LogP contribution in [0.3, 0.4) is 0 Å². The van der Waals surface area contributed by atoms with Crippen molar-refractivity contribution in [3.05, 3.63) is 0 Å². The van der Waals surface area contributed by atoms with E-state index >= 15 is 0 Å². The highest BCUT2D eigenvalue weighted by atomic mass is 31.0. The first-order valence-electron chi connectivity index (χ1n) is 1.30. The fourth-order valence-corrected chi connectivity index (χ4v) is 0.530. The molecule has 0 rings (SSSR count). The molecule has 0 amide bonds. The van der Waals surface area contributed by atoms with Crippen LogP contribution in [0.1, 0.15) is 0 Å². The molecule has 0 aliphatic heterocycles. The van der Waals surface area contributed by atoms with Gasteiger partial charge in [0, 0.05) is 6.16 Å². The van der Waals surface area contributed by atoms with Crippen LogP contribution in [0.25, 0.3) is 0 Å². The summed E-state index contributed by atoms with van der Waals surface area (Å²) in [4.78, 5) is 0. The molecule has 0 aromatic heterocycles. The monoisotopic (exact) mass is 104 g/mol. The molecule has 0 N–H and O–H groups in total. The largest absolute Gasteiger partial charge is 0.125 e. The van der Waals surface area contributed by atoms with Gasteiger partial charge in [0.15, 0.2) is 0 Å². The van der Waals surface area contributed by atoms with E-state index in [2.05, 4.69) is 30.1 Å². The minimum Gasteiger partial charge on any atom is -0.125 e. The highest BCUT2D eigenvalue weighted by molar-refractivity contribution is 7.23. The Morgan fingerprint density at radius 1 is 1.60 bits per heavy atom. The fourth-order valence-electron chi connectivity index (χ4n) is 0.0589. The highest BCUT2D eigenvalue weighted by Crippen LogP contribution is 1.75. The van der Waals surface area contributed by atoms with Gasteiger partial charge in [0.1, 0.15) is 0 Å². The van der Waals surface area contributed by atoms with Crippen LogP contribution in [0.2, 0.25) is 0 Å². The van der Waals surface area contributed by atoms with Gasteiger partial charge in [0.25, 0.3) is 0 Å². The summed E-state index contributed by atoms with van der Waals surface area (Å²) in [6.07, 6.45) is 0.878. The standard InChI is InChI=1S/C3H6P2/c4-2-1-3-5/h2,4-5H2. The molecule has 0 aromatic rings. The first kappa shape index (κ1) is 5.42. The minimum absolute atomic E-state index is 0.878. The van der Waals surface area contributed by atoms with Crippen LogP contribution < -0.4 is 0 Å². The summed E-state index contributed by atoms with van der Waals surface area (Å²) in [5.41, 5.74) is 2.66. The van der Waals surface area contributed by atoms with Crippen LogP contribution in [0.4, 0.5) is 0 Å². The zero-order valence-electron chi connectivity index (χ0n) is 2.86. The Morgan fingerprint density at radius 2 is 2.20 bits per heavy atom. The van der Waals surface area contributed by atoms with E-state index in [4.69, 9.17) is 0 Å². The van der Waals surface area contributed by atoms with Crippen molar-refractivity contribution < 1.29 is 0 Å². The predicted molar refractivity (Wildman–Crippen MR) is 32.1 cm³/mol. The summed E-state index contributed by atoms with van der Waals surface area (Å²) in [5, 5.41) is 0. The Kier molecular flexibility index (Phi) is 4.79. The molecule has 5 heavy (non-hydrogen) atoms. The van der Waals surface area contributed by atoms with Crippen LogP contribution >= 0.6 is 18.5 Å². The van der Waals surface area contributed by atoms with Gasteiger partial charge in [0.05, 0.1) is 0 Å². The van der Waals surface area contributed by atoms with E-state index < -0.39 is 0 Å². The molecule has 0 bridgehead atoms. The molecule has 2 atom stereocenters. The van der Waals surface area contributed by atoms with E-state index in [1.165, 1.54) is 0 Å². The molecule has 0 nitrogen and oxygen atoms in total. The Labute approximate surface area is 37.1 Å². The van der Waals surface area contributed by atoms with Gasteiger partial charge in [-0.15, -0.1) is 9.24 Å². The second kappa shape index (κ2) is 4.42. The summed E-state index contributed by atoms with van der Waals surface area (Å²) in [6, 6.07) is 0. The maximum atomic E-state index is 2.79. The van der Waals surface area contributed by atoms with Crippen molar-refractivity contribution >= 4 is 18.5 Å². The van der Waals surface area contributed by atoms with Crippen molar-refractivity contribution in [2.24, 2.45) is 0 Å². The fraction of sp³-hybridized carbons (Fsp3) is 0.333. The van der Waals surface area contributed by atoms with E-state index in [1.807, 2.05) is 0 Å². The van der Waals surface area contributed by atoms with Crippen molar-refractivity contribution in [3.63, 3.8) is 0 Å². The Hall–Kier alpha value is 0.420. The minimum atomic E-state index is 0.878. The first-order chi connectivity index (χ1) is 2.41. The molecule has 0 aliphatic carbocycles. The second-order valence-corrected chi connectivity index (χ2v) is 1.22. The maximum Gasteiger partial charge on any atom is 0.0237 e. The zero-order valence-corrected chi connectivity index (χ0v) is 5.17. The molecule has 2 heteroatoms. The van der Waals surface area contributed by atoms with Crippen molar-refractivity contribution in [2.45, 2.75) is 0 Å². The van der Waals surface area contributed by atoms with E-state index in [0.29, 0.717) is 0 Å². The summed E-state index contributed by atoms with van der Waals surface area (Å²) >= 11 is 0. The lowest BCUT2D eigenvalue weighted by Gasteiger charge is -1.58. The van der Waals surface area contributed by atoms with E-state index in [9.17, 15) is 0 Å². The summed E-state index contributed by atoms with van der Waals surface area (Å²) in [6.45, 7) is 0. The van der Waals surface area contributed by atoms with Gasteiger partial charge in [-0.05, 0) is 0 Å². The Balaban J connectivity index is 2.81. The number of hydrogen-bond donors (Lipinski definition) is 0. The molecule has 0 spiro atoms. The van der Waals surface area contributed by atoms with Crippen molar-refractivity contribution in [1.82, 2.24) is 0 Å². The van der Waals surface area contributed by atoms with Crippen LogP contribution in [-0.2, 0) is 0 Å². The molecular weight excluding hydrogens is 98.0 g/mol. The van der Waals surface area contributed by atoms with Crippen molar-refractivity contribution in [2.75, 3.05) is 6.16 Å².